The van der Waals surface area contributed by atoms with Crippen molar-refractivity contribution in [3.05, 3.63) is 59.9 Å². The Hall–Kier alpha value is -2.89. The van der Waals surface area contributed by atoms with E-state index in [-0.39, 0.29) is 30.6 Å². The van der Waals surface area contributed by atoms with Crippen molar-refractivity contribution < 1.29 is 14.0 Å². The van der Waals surface area contributed by atoms with Crippen molar-refractivity contribution in [1.29, 1.82) is 0 Å². The lowest BCUT2D eigenvalue weighted by molar-refractivity contribution is -0.126. The molecule has 0 saturated carbocycles. The molecule has 0 saturated heterocycles. The van der Waals surface area contributed by atoms with Crippen LogP contribution in [0.25, 0.3) is 0 Å². The van der Waals surface area contributed by atoms with Crippen LogP contribution < -0.4 is 15.5 Å². The smallest absolute Gasteiger partial charge is 0.233 e. The molecule has 26 heavy (non-hydrogen) atoms. The van der Waals surface area contributed by atoms with Crippen LogP contribution in [0, 0.1) is 5.82 Å². The van der Waals surface area contributed by atoms with Gasteiger partial charge in [-0.2, -0.15) is 0 Å². The Bertz CT molecular complexity index is 726. The summed E-state index contributed by atoms with van der Waals surface area (Å²) >= 11 is 0. The minimum absolute atomic E-state index is 0.255. The first-order valence-electron chi connectivity index (χ1n) is 8.67. The number of carbonyl (C=O) groups excluding carboxylic acids is 2. The van der Waals surface area contributed by atoms with E-state index in [0.29, 0.717) is 5.69 Å². The Balaban J connectivity index is 1.80. The summed E-state index contributed by atoms with van der Waals surface area (Å²) in [6.07, 6.45) is -0.265. The zero-order valence-electron chi connectivity index (χ0n) is 15.1. The van der Waals surface area contributed by atoms with Crippen LogP contribution in [0.1, 0.15) is 25.8 Å². The van der Waals surface area contributed by atoms with Crippen molar-refractivity contribution in [1.82, 2.24) is 5.32 Å². The van der Waals surface area contributed by atoms with Crippen molar-refractivity contribution in [2.45, 2.75) is 26.8 Å². The highest BCUT2D eigenvalue weighted by Gasteiger charge is 2.10. The van der Waals surface area contributed by atoms with Crippen LogP contribution in [0.5, 0.6) is 0 Å². The highest BCUT2D eigenvalue weighted by Crippen LogP contribution is 2.17. The molecule has 0 bridgehead atoms. The fourth-order valence-electron chi connectivity index (χ4n) is 2.56. The molecule has 0 aliphatic heterocycles. The topological polar surface area (TPSA) is 61.4 Å². The molecule has 0 aliphatic carbocycles. The summed E-state index contributed by atoms with van der Waals surface area (Å²) in [7, 11) is 0. The van der Waals surface area contributed by atoms with E-state index in [9.17, 15) is 14.0 Å². The Morgan fingerprint density at radius 2 is 1.54 bits per heavy atom. The third-order valence-electron chi connectivity index (χ3n) is 4.00. The lowest BCUT2D eigenvalue weighted by atomic mass is 10.2. The van der Waals surface area contributed by atoms with Crippen LogP contribution in [-0.4, -0.2) is 24.9 Å². The Labute approximate surface area is 153 Å². The number of halogens is 1. The number of carbonyl (C=O) groups is 2. The van der Waals surface area contributed by atoms with E-state index in [1.165, 1.54) is 12.1 Å². The van der Waals surface area contributed by atoms with Gasteiger partial charge >= 0.3 is 0 Å². The molecule has 0 atom stereocenters. The van der Waals surface area contributed by atoms with Gasteiger partial charge in [-0.15, -0.1) is 0 Å². The maximum atomic E-state index is 12.8. The minimum Gasteiger partial charge on any atom is -0.372 e. The molecule has 2 aromatic rings. The average molecular weight is 357 g/mol. The number of hydrogen-bond acceptors (Lipinski definition) is 3. The standard InChI is InChI=1S/C20H24FN3O2/c1-3-24(4-2)18-11-9-17(10-12-18)23-20(26)13-19(25)22-14-15-5-7-16(21)8-6-15/h5-12H,3-4,13-14H2,1-2H3,(H,22,25)(H,23,26). The first kappa shape index (κ1) is 19.4. The Morgan fingerprint density at radius 1 is 0.923 bits per heavy atom. The molecule has 0 aliphatic rings. The van der Waals surface area contributed by atoms with Gasteiger partial charge in [-0.05, 0) is 55.8 Å². The number of hydrogen-bond donors (Lipinski definition) is 2. The second kappa shape index (κ2) is 9.56. The van der Waals surface area contributed by atoms with E-state index in [0.717, 1.165) is 24.3 Å². The summed E-state index contributed by atoms with van der Waals surface area (Å²) in [6, 6.07) is 13.4. The van der Waals surface area contributed by atoms with Crippen molar-refractivity contribution in [3.8, 4) is 0 Å². The third-order valence-corrected chi connectivity index (χ3v) is 4.00. The molecule has 2 amide bonds. The van der Waals surface area contributed by atoms with Gasteiger partial charge in [0.2, 0.25) is 11.8 Å². The van der Waals surface area contributed by atoms with Crippen molar-refractivity contribution in [3.63, 3.8) is 0 Å². The van der Waals surface area contributed by atoms with Gasteiger partial charge in [0.05, 0.1) is 0 Å². The fourth-order valence-corrected chi connectivity index (χ4v) is 2.56. The molecule has 2 N–H and O–H groups in total. The number of nitrogens with zero attached hydrogens (tertiary/aromatic N) is 1. The van der Waals surface area contributed by atoms with Crippen LogP contribution in [0.3, 0.4) is 0 Å². The van der Waals surface area contributed by atoms with Gasteiger partial charge in [0.15, 0.2) is 0 Å². The highest BCUT2D eigenvalue weighted by molar-refractivity contribution is 6.03. The third kappa shape index (κ3) is 5.88. The Morgan fingerprint density at radius 3 is 2.12 bits per heavy atom. The van der Waals surface area contributed by atoms with E-state index in [1.54, 1.807) is 12.1 Å². The minimum atomic E-state index is -0.383. The van der Waals surface area contributed by atoms with Crippen LogP contribution in [0.2, 0.25) is 0 Å². The molecular weight excluding hydrogens is 333 g/mol. The molecule has 5 nitrogen and oxygen atoms in total. The van der Waals surface area contributed by atoms with Crippen LogP contribution in [0.4, 0.5) is 15.8 Å². The maximum Gasteiger partial charge on any atom is 0.233 e. The van der Waals surface area contributed by atoms with Gasteiger partial charge < -0.3 is 15.5 Å². The van der Waals surface area contributed by atoms with E-state index in [2.05, 4.69) is 29.4 Å². The lowest BCUT2D eigenvalue weighted by Crippen LogP contribution is -2.27. The number of rotatable bonds is 8. The molecule has 6 heteroatoms. The molecule has 2 rings (SSSR count). The summed E-state index contributed by atoms with van der Waals surface area (Å²) < 4.78 is 12.8. The SMILES string of the molecule is CCN(CC)c1ccc(NC(=O)CC(=O)NCc2ccc(F)cc2)cc1. The molecule has 138 valence electrons. The number of nitrogens with one attached hydrogen (secondary N) is 2. The molecule has 0 unspecified atom stereocenters. The number of benzene rings is 2. The maximum absolute atomic E-state index is 12.8. The lowest BCUT2D eigenvalue weighted by Gasteiger charge is -2.21. The second-order valence-electron chi connectivity index (χ2n) is 5.85. The monoisotopic (exact) mass is 357 g/mol. The van der Waals surface area contributed by atoms with E-state index < -0.39 is 0 Å². The van der Waals surface area contributed by atoms with Gasteiger partial charge in [-0.25, -0.2) is 4.39 Å². The molecule has 0 spiro atoms. The number of amides is 2. The van der Waals surface area contributed by atoms with Gasteiger partial charge in [-0.1, -0.05) is 12.1 Å². The zero-order chi connectivity index (χ0) is 18.9. The molecule has 0 aromatic heterocycles. The first-order chi connectivity index (χ1) is 12.5. The van der Waals surface area contributed by atoms with Gasteiger partial charge in [0.25, 0.3) is 0 Å². The van der Waals surface area contributed by atoms with E-state index >= 15 is 0 Å². The highest BCUT2D eigenvalue weighted by atomic mass is 19.1. The zero-order valence-corrected chi connectivity index (χ0v) is 15.1. The number of anilines is 2. The van der Waals surface area contributed by atoms with E-state index in [1.807, 2.05) is 24.3 Å². The Kier molecular flexibility index (Phi) is 7.14. The normalized spacial score (nSPS) is 10.3. The quantitative estimate of drug-likeness (QED) is 0.713. The predicted molar refractivity (Wildman–Crippen MR) is 101 cm³/mol. The summed E-state index contributed by atoms with van der Waals surface area (Å²) in [4.78, 5) is 26.0. The van der Waals surface area contributed by atoms with Gasteiger partial charge in [0, 0.05) is 31.0 Å². The van der Waals surface area contributed by atoms with Crippen molar-refractivity contribution in [2.24, 2.45) is 0 Å². The van der Waals surface area contributed by atoms with E-state index in [4.69, 9.17) is 0 Å². The van der Waals surface area contributed by atoms with Crippen LogP contribution >= 0.6 is 0 Å². The molecule has 0 fully saturated rings. The summed E-state index contributed by atoms with van der Waals surface area (Å²) in [5.41, 5.74) is 2.51. The molecule has 0 radical (unpaired) electrons. The second-order valence-corrected chi connectivity index (χ2v) is 5.85. The van der Waals surface area contributed by atoms with Crippen LogP contribution in [0.15, 0.2) is 48.5 Å². The molecule has 2 aromatic carbocycles. The summed E-state index contributed by atoms with van der Waals surface area (Å²) in [6.45, 7) is 6.26. The fraction of sp³-hybridized carbons (Fsp3) is 0.300. The molecule has 0 heterocycles. The largest absolute Gasteiger partial charge is 0.372 e. The van der Waals surface area contributed by atoms with Gasteiger partial charge in [0.1, 0.15) is 12.2 Å². The first-order valence-corrected chi connectivity index (χ1v) is 8.67. The average Bonchev–Trinajstić information content (AvgIpc) is 2.63. The predicted octanol–water partition coefficient (Wildman–Crippen LogP) is 3.32. The summed E-state index contributed by atoms with van der Waals surface area (Å²) in [5.74, 6) is -1.09. The molecular formula is C20H24FN3O2. The van der Waals surface area contributed by atoms with Crippen molar-refractivity contribution >= 4 is 23.2 Å². The van der Waals surface area contributed by atoms with Crippen LogP contribution in [-0.2, 0) is 16.1 Å². The van der Waals surface area contributed by atoms with Crippen molar-refractivity contribution in [2.75, 3.05) is 23.3 Å². The summed E-state index contributed by atoms with van der Waals surface area (Å²) in [5, 5.41) is 5.36. The van der Waals surface area contributed by atoms with Gasteiger partial charge in [-0.3, -0.25) is 9.59 Å².